The van der Waals surface area contributed by atoms with Crippen molar-refractivity contribution in [2.24, 2.45) is 63.1 Å². The number of nitrogens with one attached hydrogen (secondary N) is 13. The average molecular weight is 1500 g/mol. The maximum Gasteiger partial charge on any atom is 0.326 e. The summed E-state index contributed by atoms with van der Waals surface area (Å²) in [5.41, 5.74) is 62.2. The highest BCUT2D eigenvalue weighted by Gasteiger charge is 2.44. The number of amides is 13. The zero-order valence-corrected chi connectivity index (χ0v) is 60.8. The third kappa shape index (κ3) is 35.8. The highest BCUT2D eigenvalue weighted by Crippen LogP contribution is 2.26. The van der Waals surface area contributed by atoms with Crippen LogP contribution in [-0.2, 0) is 67.1 Å². The van der Waals surface area contributed by atoms with E-state index in [1.165, 1.54) is 30.6 Å². The molecule has 2 saturated heterocycles. The first-order valence-electron chi connectivity index (χ1n) is 36.1. The molecule has 0 saturated carbocycles. The molecule has 0 aromatic carbocycles. The molecule has 0 aromatic rings. The van der Waals surface area contributed by atoms with E-state index in [9.17, 15) is 77.3 Å². The number of aliphatic hydroxyl groups excluding tert-OH is 1. The van der Waals surface area contributed by atoms with E-state index in [4.69, 9.17) is 63.1 Å². The molecule has 0 radical (unpaired) electrons. The molecule has 105 heavy (non-hydrogen) atoms. The van der Waals surface area contributed by atoms with Crippen LogP contribution in [-0.4, -0.2) is 259 Å². The molecule has 42 heteroatoms. The lowest BCUT2D eigenvalue weighted by Gasteiger charge is -2.32. The fourth-order valence-corrected chi connectivity index (χ4v) is 11.6. The summed E-state index contributed by atoms with van der Waals surface area (Å²) in [6.45, 7) is 4.63. The van der Waals surface area contributed by atoms with Gasteiger partial charge in [-0.2, -0.15) is 0 Å². The molecule has 0 bridgehead atoms. The van der Waals surface area contributed by atoms with Crippen molar-refractivity contribution in [3.05, 3.63) is 0 Å². The van der Waals surface area contributed by atoms with Crippen molar-refractivity contribution >= 4 is 82.8 Å². The molecule has 2 rings (SSSR count). The number of carboxylic acids is 1. The summed E-state index contributed by atoms with van der Waals surface area (Å²) >= 11 is 0. The van der Waals surface area contributed by atoms with E-state index in [2.05, 4.69) is 69.1 Å². The quantitative estimate of drug-likeness (QED) is 0.0199. The lowest BCUT2D eigenvalue weighted by atomic mass is 10.0. The second-order valence-corrected chi connectivity index (χ2v) is 26.4. The minimum absolute atomic E-state index is 0.0158. The summed E-state index contributed by atoms with van der Waals surface area (Å²) in [7, 11) is 0. The van der Waals surface area contributed by atoms with Crippen molar-refractivity contribution in [3.63, 3.8) is 0 Å². The molecule has 13 amide bonds. The molecule has 0 spiro atoms. The molecule has 37 N–H and O–H groups in total. The number of carbonyl (C=O) groups is 14. The summed E-state index contributed by atoms with van der Waals surface area (Å²) < 4.78 is 0. The summed E-state index contributed by atoms with van der Waals surface area (Å²) in [6, 6.07) is -15.7. The Morgan fingerprint density at radius 1 is 0.429 bits per heavy atom. The number of likely N-dealkylation sites (tertiary alicyclic amines) is 2. The summed E-state index contributed by atoms with van der Waals surface area (Å²) in [5, 5.41) is 54.5. The number of nitrogens with two attached hydrogens (primary N) is 11. The van der Waals surface area contributed by atoms with Crippen LogP contribution in [0.1, 0.15) is 156 Å². The van der Waals surface area contributed by atoms with Gasteiger partial charge < -0.3 is 136 Å². The van der Waals surface area contributed by atoms with Crippen molar-refractivity contribution in [1.29, 1.82) is 0 Å². The van der Waals surface area contributed by atoms with Crippen LogP contribution in [0.5, 0.6) is 0 Å². The van der Waals surface area contributed by atoms with E-state index in [0.717, 1.165) is 0 Å². The van der Waals surface area contributed by atoms with Gasteiger partial charge in [-0.25, -0.2) is 4.79 Å². The van der Waals surface area contributed by atoms with E-state index in [-0.39, 0.29) is 123 Å². The van der Waals surface area contributed by atoms with Crippen LogP contribution in [0, 0.1) is 0 Å². The average Bonchev–Trinajstić information content (AvgIpc) is 1.67. The number of hydrogen-bond acceptors (Lipinski definition) is 28. The van der Waals surface area contributed by atoms with E-state index in [0.29, 0.717) is 64.5 Å². The van der Waals surface area contributed by atoms with Crippen LogP contribution >= 0.6 is 0 Å². The number of aliphatic hydroxyl groups is 1. The second kappa shape index (κ2) is 50.5. The Kier molecular flexibility index (Phi) is 44.8. The summed E-state index contributed by atoms with van der Waals surface area (Å²) in [5.74, 6) is -11.7. The number of hydrogen-bond donors (Lipinski definition) is 26. The van der Waals surface area contributed by atoms with Crippen LogP contribution in [0.2, 0.25) is 0 Å². The third-order valence-electron chi connectivity index (χ3n) is 17.5. The molecule has 13 atom stereocenters. The van der Waals surface area contributed by atoms with Gasteiger partial charge in [0.25, 0.3) is 0 Å². The zero-order chi connectivity index (χ0) is 78.9. The molecule has 42 nitrogen and oxygen atoms in total. The number of primary amides is 1. The SMILES string of the molecule is C[C@H](NC(=O)[C@@H](NC(=O)CNC(=O)[C@@H]1CCCN1C(=O)[C@@H]1CCCN1C(=O)[C@H](C)NC(=O)[C@H](CCCCN)NC(=O)[C@@H](N)CCC(N)=O)[C@@H](C)O)C(=O)N[C@@H](CCCNC(N)N)C(=O)N[C@@H](CCCNC(N)N)C(=O)N[C@@H](CCCCN)C(=O)N[C@@H](CCCNC(N)N)C(=O)N[C@@H](CCCCN)C(=O)O. The van der Waals surface area contributed by atoms with Gasteiger partial charge in [-0.05, 0) is 188 Å². The Balaban J connectivity index is 2.29. The second-order valence-electron chi connectivity index (χ2n) is 26.4. The molecule has 0 aliphatic carbocycles. The van der Waals surface area contributed by atoms with E-state index in [1.807, 2.05) is 0 Å². The zero-order valence-electron chi connectivity index (χ0n) is 60.8. The third-order valence-corrected chi connectivity index (χ3v) is 17.5. The molecule has 2 aliphatic heterocycles. The van der Waals surface area contributed by atoms with Crippen molar-refractivity contribution in [3.8, 4) is 0 Å². The van der Waals surface area contributed by atoms with Crippen molar-refractivity contribution in [2.75, 3.05) is 58.9 Å². The van der Waals surface area contributed by atoms with Gasteiger partial charge in [-0.15, -0.1) is 0 Å². The van der Waals surface area contributed by atoms with Gasteiger partial charge in [0, 0.05) is 19.5 Å². The van der Waals surface area contributed by atoms with Crippen LogP contribution in [0.25, 0.3) is 0 Å². The maximum atomic E-state index is 14.5. The maximum absolute atomic E-state index is 14.5. The van der Waals surface area contributed by atoms with Crippen LogP contribution < -0.4 is 132 Å². The highest BCUT2D eigenvalue weighted by atomic mass is 16.4. The van der Waals surface area contributed by atoms with E-state index in [1.54, 1.807) is 0 Å². The smallest absolute Gasteiger partial charge is 0.326 e. The van der Waals surface area contributed by atoms with Gasteiger partial charge in [-0.3, -0.25) is 78.3 Å². The lowest BCUT2D eigenvalue weighted by molar-refractivity contribution is -0.147. The van der Waals surface area contributed by atoms with E-state index >= 15 is 0 Å². The Bertz CT molecular complexity index is 2790. The summed E-state index contributed by atoms with van der Waals surface area (Å²) in [4.78, 5) is 193. The number of carbonyl (C=O) groups excluding carboxylic acids is 13. The minimum atomic E-state index is -1.73. The molecule has 2 fully saturated rings. The Hall–Kier alpha value is -7.98. The first-order chi connectivity index (χ1) is 49.7. The predicted octanol–water partition coefficient (Wildman–Crippen LogP) is -11.4. The molecule has 2 heterocycles. The topological polar surface area (TPSA) is 729 Å². The van der Waals surface area contributed by atoms with Crippen LogP contribution in [0.3, 0.4) is 0 Å². The van der Waals surface area contributed by atoms with Gasteiger partial charge in [-0.1, -0.05) is 0 Å². The fourth-order valence-electron chi connectivity index (χ4n) is 11.6. The number of aliphatic carboxylic acids is 1. The highest BCUT2D eigenvalue weighted by molar-refractivity contribution is 5.99. The van der Waals surface area contributed by atoms with Crippen molar-refractivity contribution in [1.82, 2.24) is 78.9 Å². The first kappa shape index (κ1) is 93.1. The van der Waals surface area contributed by atoms with Crippen LogP contribution in [0.4, 0.5) is 0 Å². The molecule has 2 aliphatic rings. The standard InChI is InChI=1S/C63H122N26O16/c1-34(79-57(101)48(36(3)90)87-47(92)33-78-56(100)44-21-13-31-88(44)59(103)45-22-14-32-89(45)58(102)35(2)80-51(95)38(15-4-7-25-64)82-50(94)37(67)23-24-46(68)91)49(93)81-40(18-10-28-75-61(69)70)53(97)84-41(19-11-29-76-62(71)72)54(98)83-39(16-5-8-26-65)52(96)85-42(20-12-30-77-63(73)74)55(99)86-43(60(104)105)17-6-9-27-66/h34-45,48,61-63,75-77,90H,4-33,64-67,69-74H2,1-3H3,(H2,68,91)(H,78,100)(H,79,101)(H,80,95)(H,81,93)(H,82,94)(H,83,98)(H,84,97)(H,85,96)(H,86,99)(H,87,92)(H,104,105)/t34-,35-,36+,37-,38-,39-,40-,41-,42-,43-,44-,45-,48-/m0/s1. The summed E-state index contributed by atoms with van der Waals surface area (Å²) in [6.07, 6.45) is -0.503. The van der Waals surface area contributed by atoms with Crippen molar-refractivity contribution < 1.29 is 77.3 Å². The van der Waals surface area contributed by atoms with Crippen molar-refractivity contribution in [2.45, 2.75) is 253 Å². The monoisotopic (exact) mass is 1500 g/mol. The lowest BCUT2D eigenvalue weighted by Crippen LogP contribution is -2.60. The molecule has 600 valence electrons. The molecule has 0 unspecified atom stereocenters. The Morgan fingerprint density at radius 2 is 0.800 bits per heavy atom. The van der Waals surface area contributed by atoms with Gasteiger partial charge >= 0.3 is 5.97 Å². The van der Waals surface area contributed by atoms with Crippen LogP contribution in [0.15, 0.2) is 0 Å². The van der Waals surface area contributed by atoms with E-state index < -0.39 is 187 Å². The number of carboxylic acid groups (broad SMARTS) is 1. The fraction of sp³-hybridized carbons (Fsp3) is 0.778. The van der Waals surface area contributed by atoms with Gasteiger partial charge in [0.15, 0.2) is 0 Å². The normalized spacial score (nSPS) is 17.5. The van der Waals surface area contributed by atoms with Gasteiger partial charge in [0.05, 0.1) is 18.7 Å². The van der Waals surface area contributed by atoms with Gasteiger partial charge in [0.2, 0.25) is 76.8 Å². The minimum Gasteiger partial charge on any atom is -0.480 e. The number of unbranched alkanes of at least 4 members (excludes halogenated alkanes) is 3. The largest absolute Gasteiger partial charge is 0.480 e. The number of rotatable bonds is 54. The Morgan fingerprint density at radius 3 is 1.21 bits per heavy atom. The molecular formula is C63H122N26O16. The number of nitrogens with zero attached hydrogens (tertiary/aromatic N) is 2. The Labute approximate surface area is 612 Å². The molecular weight excluding hydrogens is 1380 g/mol. The molecule has 0 aromatic heterocycles. The predicted molar refractivity (Wildman–Crippen MR) is 384 cm³/mol. The first-order valence-corrected chi connectivity index (χ1v) is 36.1. The van der Waals surface area contributed by atoms with Gasteiger partial charge in [0.1, 0.15) is 85.3 Å².